The van der Waals surface area contributed by atoms with E-state index in [-0.39, 0.29) is 5.82 Å². The molecule has 5 heteroatoms. The smallest absolute Gasteiger partial charge is 0.123 e. The molecule has 0 aliphatic heterocycles. The third-order valence-electron chi connectivity index (χ3n) is 3.80. The van der Waals surface area contributed by atoms with Crippen LogP contribution in [0.25, 0.3) is 0 Å². The minimum atomic E-state index is -0.662. The van der Waals surface area contributed by atoms with Gasteiger partial charge in [-0.2, -0.15) is 5.10 Å². The number of nitrogens with zero attached hydrogens (tertiary/aromatic N) is 2. The van der Waals surface area contributed by atoms with Crippen LogP contribution in [0.5, 0.6) is 0 Å². The predicted molar refractivity (Wildman–Crippen MR) is 90.8 cm³/mol. The number of aliphatic hydroxyl groups is 1. The number of hydrogen-bond donors (Lipinski definition) is 2. The number of hydrogen-bond acceptors (Lipinski definition) is 3. The fourth-order valence-corrected chi connectivity index (χ4v) is 2.51. The fraction of sp³-hybridized carbons (Fsp3) is 0.211. The van der Waals surface area contributed by atoms with E-state index >= 15 is 0 Å². The molecule has 0 fully saturated rings. The zero-order chi connectivity index (χ0) is 16.8. The molecule has 0 saturated heterocycles. The van der Waals surface area contributed by atoms with E-state index in [2.05, 4.69) is 22.5 Å². The lowest BCUT2D eigenvalue weighted by atomic mass is 10.1. The molecule has 4 nitrogen and oxygen atoms in total. The first-order valence-electron chi connectivity index (χ1n) is 7.90. The summed E-state index contributed by atoms with van der Waals surface area (Å²) in [5, 5.41) is 17.6. The molecule has 124 valence electrons. The van der Waals surface area contributed by atoms with Crippen molar-refractivity contribution in [1.29, 1.82) is 0 Å². The van der Waals surface area contributed by atoms with Crippen LogP contribution in [0.3, 0.4) is 0 Å². The Morgan fingerprint density at radius 3 is 2.54 bits per heavy atom. The van der Waals surface area contributed by atoms with Crippen LogP contribution in [0.2, 0.25) is 0 Å². The van der Waals surface area contributed by atoms with Gasteiger partial charge in [-0.25, -0.2) is 4.39 Å². The van der Waals surface area contributed by atoms with Crippen LogP contribution in [-0.2, 0) is 13.1 Å². The third kappa shape index (κ3) is 4.50. The highest BCUT2D eigenvalue weighted by Gasteiger charge is 2.07. The summed E-state index contributed by atoms with van der Waals surface area (Å²) in [6, 6.07) is 16.1. The topological polar surface area (TPSA) is 50.1 Å². The summed E-state index contributed by atoms with van der Waals surface area (Å²) < 4.78 is 14.8. The largest absolute Gasteiger partial charge is 0.387 e. The van der Waals surface area contributed by atoms with Crippen LogP contribution in [0, 0.1) is 5.82 Å². The van der Waals surface area contributed by atoms with Gasteiger partial charge in [-0.15, -0.1) is 0 Å². The standard InChI is InChI=1S/C19H20FN3O/c20-18-8-6-17(7-9-18)19(24)12-21-10-16-11-22-23(14-16)13-15-4-2-1-3-5-15/h1-9,11,14,19,21,24H,10,12-13H2/t19-/m1/s1. The molecule has 2 N–H and O–H groups in total. The van der Waals surface area contributed by atoms with Gasteiger partial charge in [0, 0.05) is 24.8 Å². The van der Waals surface area contributed by atoms with Crippen LogP contribution in [0.1, 0.15) is 22.8 Å². The van der Waals surface area contributed by atoms with E-state index in [4.69, 9.17) is 0 Å². The monoisotopic (exact) mass is 325 g/mol. The Morgan fingerprint density at radius 2 is 1.79 bits per heavy atom. The number of halogens is 1. The van der Waals surface area contributed by atoms with E-state index in [0.29, 0.717) is 18.7 Å². The van der Waals surface area contributed by atoms with Crippen LogP contribution in [0.15, 0.2) is 67.0 Å². The SMILES string of the molecule is O[C@H](CNCc1cnn(Cc2ccccc2)c1)c1ccc(F)cc1. The van der Waals surface area contributed by atoms with Crippen molar-refractivity contribution in [2.45, 2.75) is 19.2 Å². The summed E-state index contributed by atoms with van der Waals surface area (Å²) in [4.78, 5) is 0. The van der Waals surface area contributed by atoms with Gasteiger partial charge in [0.25, 0.3) is 0 Å². The Morgan fingerprint density at radius 1 is 1.04 bits per heavy atom. The van der Waals surface area contributed by atoms with Gasteiger partial charge in [-0.1, -0.05) is 42.5 Å². The van der Waals surface area contributed by atoms with Crippen LogP contribution >= 0.6 is 0 Å². The molecular formula is C19H20FN3O. The van der Waals surface area contributed by atoms with Crippen molar-refractivity contribution in [2.75, 3.05) is 6.54 Å². The third-order valence-corrected chi connectivity index (χ3v) is 3.80. The summed E-state index contributed by atoms with van der Waals surface area (Å²) in [7, 11) is 0. The first-order valence-corrected chi connectivity index (χ1v) is 7.90. The summed E-state index contributed by atoms with van der Waals surface area (Å²) in [5.41, 5.74) is 2.95. The van der Waals surface area contributed by atoms with E-state index < -0.39 is 6.10 Å². The van der Waals surface area contributed by atoms with E-state index in [9.17, 15) is 9.50 Å². The lowest BCUT2D eigenvalue weighted by Gasteiger charge is -2.11. The molecule has 0 aliphatic carbocycles. The van der Waals surface area contributed by atoms with Gasteiger partial charge in [0.05, 0.1) is 18.8 Å². The van der Waals surface area contributed by atoms with E-state index in [1.807, 2.05) is 35.3 Å². The minimum absolute atomic E-state index is 0.301. The lowest BCUT2D eigenvalue weighted by Crippen LogP contribution is -2.20. The van der Waals surface area contributed by atoms with Gasteiger partial charge in [0.1, 0.15) is 5.82 Å². The first kappa shape index (κ1) is 16.4. The summed E-state index contributed by atoms with van der Waals surface area (Å²) in [6.45, 7) is 1.75. The van der Waals surface area contributed by atoms with Crippen molar-refractivity contribution in [3.05, 3.63) is 89.5 Å². The molecule has 0 amide bonds. The van der Waals surface area contributed by atoms with Gasteiger partial charge in [-0.05, 0) is 23.3 Å². The van der Waals surface area contributed by atoms with Crippen molar-refractivity contribution < 1.29 is 9.50 Å². The number of aromatic nitrogens is 2. The van der Waals surface area contributed by atoms with Crippen LogP contribution in [-0.4, -0.2) is 21.4 Å². The molecule has 0 radical (unpaired) electrons. The summed E-state index contributed by atoms with van der Waals surface area (Å²) in [5.74, 6) is -0.301. The Labute approximate surface area is 140 Å². The normalized spacial score (nSPS) is 12.2. The highest BCUT2D eigenvalue weighted by Crippen LogP contribution is 2.12. The Kier molecular flexibility index (Phi) is 5.36. The molecule has 0 spiro atoms. The van der Waals surface area contributed by atoms with Crippen LogP contribution < -0.4 is 5.32 Å². The van der Waals surface area contributed by atoms with Crippen molar-refractivity contribution >= 4 is 0 Å². The number of nitrogens with one attached hydrogen (secondary N) is 1. The Balaban J connectivity index is 1.48. The fourth-order valence-electron chi connectivity index (χ4n) is 2.51. The van der Waals surface area contributed by atoms with E-state index in [1.165, 1.54) is 17.7 Å². The first-order chi connectivity index (χ1) is 11.7. The Hall–Kier alpha value is -2.50. The minimum Gasteiger partial charge on any atom is -0.387 e. The van der Waals surface area contributed by atoms with Crippen molar-refractivity contribution in [2.24, 2.45) is 0 Å². The molecule has 2 aromatic carbocycles. The maximum Gasteiger partial charge on any atom is 0.123 e. The number of benzene rings is 2. The highest BCUT2D eigenvalue weighted by molar-refractivity contribution is 5.19. The van der Waals surface area contributed by atoms with Gasteiger partial charge in [-0.3, -0.25) is 4.68 Å². The summed E-state index contributed by atoms with van der Waals surface area (Å²) in [6.07, 6.45) is 3.15. The maximum atomic E-state index is 12.9. The second-order valence-electron chi connectivity index (χ2n) is 5.73. The molecule has 1 atom stereocenters. The zero-order valence-corrected chi connectivity index (χ0v) is 13.3. The highest BCUT2D eigenvalue weighted by atomic mass is 19.1. The molecule has 3 aromatic rings. The molecule has 1 heterocycles. The second kappa shape index (κ2) is 7.86. The summed E-state index contributed by atoms with van der Waals surface area (Å²) >= 11 is 0. The van der Waals surface area contributed by atoms with Crippen LogP contribution in [0.4, 0.5) is 4.39 Å². The average molecular weight is 325 g/mol. The van der Waals surface area contributed by atoms with Gasteiger partial charge < -0.3 is 10.4 Å². The molecule has 24 heavy (non-hydrogen) atoms. The van der Waals surface area contributed by atoms with Gasteiger partial charge >= 0.3 is 0 Å². The molecule has 0 saturated carbocycles. The predicted octanol–water partition coefficient (Wildman–Crippen LogP) is 2.89. The van der Waals surface area contributed by atoms with Crippen molar-refractivity contribution in [3.63, 3.8) is 0 Å². The number of rotatable bonds is 7. The number of aliphatic hydroxyl groups excluding tert-OH is 1. The molecular weight excluding hydrogens is 305 g/mol. The van der Waals surface area contributed by atoms with Crippen molar-refractivity contribution in [3.8, 4) is 0 Å². The molecule has 0 bridgehead atoms. The molecule has 3 rings (SSSR count). The van der Waals surface area contributed by atoms with E-state index in [1.54, 1.807) is 12.1 Å². The Bertz CT molecular complexity index is 756. The van der Waals surface area contributed by atoms with Crippen molar-refractivity contribution in [1.82, 2.24) is 15.1 Å². The quantitative estimate of drug-likeness (QED) is 0.702. The van der Waals surface area contributed by atoms with Gasteiger partial charge in [0.15, 0.2) is 0 Å². The second-order valence-corrected chi connectivity index (χ2v) is 5.73. The maximum absolute atomic E-state index is 12.9. The molecule has 0 unspecified atom stereocenters. The van der Waals surface area contributed by atoms with Gasteiger partial charge in [0.2, 0.25) is 0 Å². The average Bonchev–Trinajstić information content (AvgIpc) is 3.03. The molecule has 1 aromatic heterocycles. The van der Waals surface area contributed by atoms with E-state index in [0.717, 1.165) is 12.1 Å². The lowest BCUT2D eigenvalue weighted by molar-refractivity contribution is 0.174. The molecule has 0 aliphatic rings. The zero-order valence-electron chi connectivity index (χ0n) is 13.3.